The van der Waals surface area contributed by atoms with E-state index >= 15 is 0 Å². The van der Waals surface area contributed by atoms with Gasteiger partial charge in [0.2, 0.25) is 12.7 Å². The largest absolute Gasteiger partial charge is 0.454 e. The first-order valence-electron chi connectivity index (χ1n) is 10.6. The first-order valence-corrected chi connectivity index (χ1v) is 10.9. The molecule has 10 heteroatoms. The number of hydrogen-bond donors (Lipinski definition) is 2. The van der Waals surface area contributed by atoms with Crippen LogP contribution in [0.4, 0.5) is 18.9 Å². The molecule has 2 aliphatic rings. The fourth-order valence-corrected chi connectivity index (χ4v) is 4.27. The molecule has 2 aromatic carbocycles. The van der Waals surface area contributed by atoms with Crippen molar-refractivity contribution in [3.05, 3.63) is 52.5 Å². The Morgan fingerprint density at radius 1 is 1.12 bits per heavy atom. The summed E-state index contributed by atoms with van der Waals surface area (Å²) in [4.78, 5) is 12.7. The highest BCUT2D eigenvalue weighted by Gasteiger charge is 2.37. The number of carbonyl (C=O) groups is 1. The minimum absolute atomic E-state index is 0.0586. The van der Waals surface area contributed by atoms with Crippen molar-refractivity contribution in [3.63, 3.8) is 0 Å². The molecule has 6 nitrogen and oxygen atoms in total. The summed E-state index contributed by atoms with van der Waals surface area (Å²) < 4.78 is 56.5. The second-order valence-electron chi connectivity index (χ2n) is 8.24. The molecule has 2 heterocycles. The Bertz CT molecular complexity index is 1030. The molecule has 1 amide bonds. The molecule has 1 fully saturated rings. The SMILES string of the molecule is CC(NCC1(c2ccc3c(c2)OCO3)CCOCC1)C(=O)Nc1ccc(Cl)cc1C(F)(F)F. The van der Waals surface area contributed by atoms with Crippen LogP contribution >= 0.6 is 11.6 Å². The number of ether oxygens (including phenoxy) is 3. The fraction of sp³-hybridized carbons (Fsp3) is 0.435. The highest BCUT2D eigenvalue weighted by Crippen LogP contribution is 2.41. The minimum Gasteiger partial charge on any atom is -0.454 e. The number of amides is 1. The van der Waals surface area contributed by atoms with Gasteiger partial charge in [-0.1, -0.05) is 17.7 Å². The number of halogens is 4. The zero-order chi connectivity index (χ0) is 23.6. The van der Waals surface area contributed by atoms with Crippen molar-refractivity contribution in [2.24, 2.45) is 0 Å². The van der Waals surface area contributed by atoms with Gasteiger partial charge in [0.1, 0.15) is 0 Å². The molecule has 2 aliphatic heterocycles. The van der Waals surface area contributed by atoms with Crippen LogP contribution in [0.25, 0.3) is 0 Å². The Hall–Kier alpha value is -2.49. The first kappa shape index (κ1) is 23.7. The van der Waals surface area contributed by atoms with Crippen LogP contribution < -0.4 is 20.1 Å². The van der Waals surface area contributed by atoms with Gasteiger partial charge in [0.25, 0.3) is 0 Å². The van der Waals surface area contributed by atoms with Crippen LogP contribution in [0.2, 0.25) is 5.02 Å². The maximum Gasteiger partial charge on any atom is 0.418 e. The van der Waals surface area contributed by atoms with Gasteiger partial charge in [0.15, 0.2) is 11.5 Å². The van der Waals surface area contributed by atoms with Gasteiger partial charge in [-0.15, -0.1) is 0 Å². The van der Waals surface area contributed by atoms with Crippen LogP contribution in [0.5, 0.6) is 11.5 Å². The summed E-state index contributed by atoms with van der Waals surface area (Å²) in [5.41, 5.74) is -0.600. The van der Waals surface area contributed by atoms with E-state index in [0.717, 1.165) is 30.5 Å². The molecule has 2 N–H and O–H groups in total. The molecule has 0 aromatic heterocycles. The van der Waals surface area contributed by atoms with E-state index in [0.29, 0.717) is 31.3 Å². The Morgan fingerprint density at radius 2 is 1.85 bits per heavy atom. The van der Waals surface area contributed by atoms with E-state index in [1.165, 1.54) is 6.07 Å². The lowest BCUT2D eigenvalue weighted by Crippen LogP contribution is -2.48. The Labute approximate surface area is 194 Å². The summed E-state index contributed by atoms with van der Waals surface area (Å²) in [5.74, 6) is 0.785. The number of nitrogens with one attached hydrogen (secondary N) is 2. The molecular formula is C23H24ClF3N2O4. The molecule has 33 heavy (non-hydrogen) atoms. The maximum atomic E-state index is 13.3. The molecule has 0 radical (unpaired) electrons. The van der Waals surface area contributed by atoms with Crippen molar-refractivity contribution in [2.75, 3.05) is 31.9 Å². The van der Waals surface area contributed by atoms with Gasteiger partial charge in [-0.2, -0.15) is 13.2 Å². The summed E-state index contributed by atoms with van der Waals surface area (Å²) in [6.07, 6.45) is -3.19. The highest BCUT2D eigenvalue weighted by molar-refractivity contribution is 6.30. The van der Waals surface area contributed by atoms with E-state index in [4.69, 9.17) is 25.8 Å². The van der Waals surface area contributed by atoms with Crippen LogP contribution in [0.3, 0.4) is 0 Å². The van der Waals surface area contributed by atoms with Crippen LogP contribution in [0.15, 0.2) is 36.4 Å². The normalized spacial score (nSPS) is 18.1. The van der Waals surface area contributed by atoms with Crippen LogP contribution in [-0.4, -0.2) is 38.5 Å². The maximum absolute atomic E-state index is 13.3. The predicted molar refractivity (Wildman–Crippen MR) is 117 cm³/mol. The van der Waals surface area contributed by atoms with E-state index in [2.05, 4.69) is 10.6 Å². The number of anilines is 1. The lowest BCUT2D eigenvalue weighted by molar-refractivity contribution is -0.137. The van der Waals surface area contributed by atoms with E-state index in [1.54, 1.807) is 6.92 Å². The van der Waals surface area contributed by atoms with Crippen molar-refractivity contribution >= 4 is 23.2 Å². The third-order valence-corrected chi connectivity index (χ3v) is 6.35. The van der Waals surface area contributed by atoms with Gasteiger partial charge >= 0.3 is 6.18 Å². The number of rotatable bonds is 6. The summed E-state index contributed by atoms with van der Waals surface area (Å²) in [6, 6.07) is 8.31. The lowest BCUT2D eigenvalue weighted by Gasteiger charge is -2.38. The van der Waals surface area contributed by atoms with Gasteiger partial charge in [-0.3, -0.25) is 4.79 Å². The molecule has 0 aliphatic carbocycles. The molecular weight excluding hydrogens is 461 g/mol. The minimum atomic E-state index is -4.64. The topological polar surface area (TPSA) is 68.8 Å². The van der Waals surface area contributed by atoms with E-state index in [-0.39, 0.29) is 22.9 Å². The van der Waals surface area contributed by atoms with Crippen molar-refractivity contribution in [2.45, 2.75) is 37.4 Å². The van der Waals surface area contributed by atoms with Crippen LogP contribution in [0.1, 0.15) is 30.9 Å². The predicted octanol–water partition coefficient (Wildman–Crippen LogP) is 4.75. The molecule has 0 bridgehead atoms. The van der Waals surface area contributed by atoms with Gasteiger partial charge in [-0.25, -0.2) is 0 Å². The molecule has 0 saturated carbocycles. The van der Waals surface area contributed by atoms with Crippen LogP contribution in [-0.2, 0) is 21.1 Å². The summed E-state index contributed by atoms with van der Waals surface area (Å²) >= 11 is 5.71. The van der Waals surface area contributed by atoms with Crippen LogP contribution in [0, 0.1) is 0 Å². The first-order chi connectivity index (χ1) is 15.7. The van der Waals surface area contributed by atoms with Gasteiger partial charge in [-0.05, 0) is 55.7 Å². The molecule has 4 rings (SSSR count). The van der Waals surface area contributed by atoms with Crippen molar-refractivity contribution < 1.29 is 32.2 Å². The summed E-state index contributed by atoms with van der Waals surface area (Å²) in [5, 5.41) is 5.52. The number of carbonyl (C=O) groups excluding carboxylic acids is 1. The second-order valence-corrected chi connectivity index (χ2v) is 8.68. The number of benzene rings is 2. The molecule has 178 valence electrons. The molecule has 1 unspecified atom stereocenters. The fourth-order valence-electron chi connectivity index (χ4n) is 4.10. The van der Waals surface area contributed by atoms with E-state index in [9.17, 15) is 18.0 Å². The second kappa shape index (κ2) is 9.40. The molecule has 1 atom stereocenters. The standard InChI is InChI=1S/C23H24ClF3N2O4/c1-14(21(30)29-18-4-3-16(24)11-17(18)23(25,26)27)28-12-22(6-8-31-9-7-22)15-2-5-19-20(10-15)33-13-32-19/h2-5,10-11,14,28H,6-9,12-13H2,1H3,(H,29,30). The number of fused-ring (bicyclic) bond motifs is 1. The van der Waals surface area contributed by atoms with Gasteiger partial charge < -0.3 is 24.8 Å². The number of alkyl halides is 3. The highest BCUT2D eigenvalue weighted by atomic mass is 35.5. The summed E-state index contributed by atoms with van der Waals surface area (Å²) in [6.45, 7) is 3.37. The van der Waals surface area contributed by atoms with E-state index in [1.807, 2.05) is 18.2 Å². The van der Waals surface area contributed by atoms with Crippen molar-refractivity contribution in [1.82, 2.24) is 5.32 Å². The van der Waals surface area contributed by atoms with Gasteiger partial charge in [0.05, 0.1) is 17.3 Å². The Morgan fingerprint density at radius 3 is 2.58 bits per heavy atom. The average Bonchev–Trinajstić information content (AvgIpc) is 3.26. The molecule has 0 spiro atoms. The average molecular weight is 485 g/mol. The molecule has 1 saturated heterocycles. The van der Waals surface area contributed by atoms with Crippen molar-refractivity contribution in [1.29, 1.82) is 0 Å². The smallest absolute Gasteiger partial charge is 0.418 e. The Balaban J connectivity index is 1.47. The zero-order valence-electron chi connectivity index (χ0n) is 17.9. The Kier molecular flexibility index (Phi) is 6.74. The monoisotopic (exact) mass is 484 g/mol. The third-order valence-electron chi connectivity index (χ3n) is 6.12. The zero-order valence-corrected chi connectivity index (χ0v) is 18.7. The lowest BCUT2D eigenvalue weighted by atomic mass is 9.74. The molecule has 2 aromatic rings. The van der Waals surface area contributed by atoms with Crippen molar-refractivity contribution in [3.8, 4) is 11.5 Å². The van der Waals surface area contributed by atoms with E-state index < -0.39 is 23.7 Å². The quantitative estimate of drug-likeness (QED) is 0.619. The summed E-state index contributed by atoms with van der Waals surface area (Å²) in [7, 11) is 0. The van der Waals surface area contributed by atoms with Gasteiger partial charge in [0, 0.05) is 30.2 Å². The number of hydrogen-bond acceptors (Lipinski definition) is 5. The third kappa shape index (κ3) is 5.20.